The molecule has 0 atom stereocenters. The van der Waals surface area contributed by atoms with E-state index in [0.717, 1.165) is 32.4 Å². The number of hydrogen-bond acceptors (Lipinski definition) is 1. The first-order valence-electron chi connectivity index (χ1n) is 7.26. The first kappa shape index (κ1) is 15.2. The van der Waals surface area contributed by atoms with Crippen molar-refractivity contribution in [3.05, 3.63) is 35.9 Å². The minimum Gasteiger partial charge on any atom is -0.317 e. The largest absolute Gasteiger partial charge is 0.317 e. The molecule has 2 heteroatoms. The summed E-state index contributed by atoms with van der Waals surface area (Å²) in [7, 11) is 0. The zero-order chi connectivity index (χ0) is 12.9. The van der Waals surface area contributed by atoms with Gasteiger partial charge in [-0.3, -0.25) is 0 Å². The molecule has 1 aromatic rings. The Labute approximate surface area is 111 Å². The first-order valence-corrected chi connectivity index (χ1v) is 7.26. The van der Waals surface area contributed by atoms with Gasteiger partial charge in [-0.1, -0.05) is 36.8 Å². The topological polar surface area (TPSA) is 31.9 Å². The third-order valence-corrected chi connectivity index (χ3v) is 3.16. The SMILES string of the molecule is [O]CCCCCNCCCCCc1ccccc1. The average Bonchev–Trinajstić information content (AvgIpc) is 2.42. The van der Waals surface area contributed by atoms with Crippen LogP contribution in [-0.4, -0.2) is 19.7 Å². The summed E-state index contributed by atoms with van der Waals surface area (Å²) in [5.41, 5.74) is 1.45. The molecule has 18 heavy (non-hydrogen) atoms. The Balaban J connectivity index is 1.82. The van der Waals surface area contributed by atoms with E-state index in [0.29, 0.717) is 0 Å². The zero-order valence-electron chi connectivity index (χ0n) is 11.4. The van der Waals surface area contributed by atoms with Gasteiger partial charge >= 0.3 is 0 Å². The van der Waals surface area contributed by atoms with Crippen molar-refractivity contribution in [2.45, 2.75) is 44.9 Å². The zero-order valence-corrected chi connectivity index (χ0v) is 11.4. The molecule has 0 amide bonds. The Morgan fingerprint density at radius 1 is 0.778 bits per heavy atom. The Hall–Kier alpha value is -0.860. The maximum absolute atomic E-state index is 10.2. The highest BCUT2D eigenvalue weighted by molar-refractivity contribution is 5.14. The summed E-state index contributed by atoms with van der Waals surface area (Å²) in [6.45, 7) is 2.27. The van der Waals surface area contributed by atoms with Gasteiger partial charge < -0.3 is 5.32 Å². The van der Waals surface area contributed by atoms with Gasteiger partial charge in [-0.05, 0) is 57.2 Å². The highest BCUT2D eigenvalue weighted by atomic mass is 16.2. The van der Waals surface area contributed by atoms with Gasteiger partial charge in [0.25, 0.3) is 0 Å². The fraction of sp³-hybridized carbons (Fsp3) is 0.625. The number of unbranched alkanes of at least 4 members (excludes halogenated alkanes) is 4. The summed E-state index contributed by atoms with van der Waals surface area (Å²) in [6, 6.07) is 10.7. The summed E-state index contributed by atoms with van der Waals surface area (Å²) in [5, 5.41) is 13.7. The lowest BCUT2D eigenvalue weighted by atomic mass is 10.1. The molecule has 101 valence electrons. The van der Waals surface area contributed by atoms with Crippen LogP contribution >= 0.6 is 0 Å². The van der Waals surface area contributed by atoms with Gasteiger partial charge in [0.15, 0.2) is 0 Å². The molecule has 1 N–H and O–H groups in total. The molecule has 0 fully saturated rings. The molecule has 0 heterocycles. The van der Waals surface area contributed by atoms with Crippen molar-refractivity contribution in [1.29, 1.82) is 0 Å². The Bertz CT molecular complexity index is 274. The molecule has 0 unspecified atom stereocenters. The van der Waals surface area contributed by atoms with E-state index in [9.17, 15) is 5.11 Å². The van der Waals surface area contributed by atoms with Crippen LogP contribution in [0.15, 0.2) is 30.3 Å². The Morgan fingerprint density at radius 3 is 2.11 bits per heavy atom. The number of hydrogen-bond donors (Lipinski definition) is 1. The first-order chi connectivity index (χ1) is 8.93. The number of aryl methyl sites for hydroxylation is 1. The number of benzene rings is 1. The van der Waals surface area contributed by atoms with Crippen molar-refractivity contribution in [3.8, 4) is 0 Å². The third-order valence-electron chi connectivity index (χ3n) is 3.16. The minimum atomic E-state index is 0.0828. The Morgan fingerprint density at radius 2 is 1.44 bits per heavy atom. The van der Waals surface area contributed by atoms with Crippen LogP contribution in [0.5, 0.6) is 0 Å². The van der Waals surface area contributed by atoms with Crippen LogP contribution in [0.4, 0.5) is 0 Å². The normalized spacial score (nSPS) is 10.7. The van der Waals surface area contributed by atoms with Crippen molar-refractivity contribution >= 4 is 0 Å². The van der Waals surface area contributed by atoms with Crippen molar-refractivity contribution in [3.63, 3.8) is 0 Å². The van der Waals surface area contributed by atoms with Gasteiger partial charge in [-0.25, -0.2) is 5.11 Å². The minimum absolute atomic E-state index is 0.0828. The van der Waals surface area contributed by atoms with E-state index in [1.807, 2.05) is 0 Å². The second-order valence-electron chi connectivity index (χ2n) is 4.81. The maximum atomic E-state index is 10.2. The lowest BCUT2D eigenvalue weighted by Gasteiger charge is -2.04. The average molecular weight is 248 g/mol. The quantitative estimate of drug-likeness (QED) is 0.596. The van der Waals surface area contributed by atoms with Gasteiger partial charge in [0, 0.05) is 0 Å². The fourth-order valence-electron chi connectivity index (χ4n) is 2.05. The summed E-state index contributed by atoms with van der Waals surface area (Å²) in [6.07, 6.45) is 8.08. The van der Waals surface area contributed by atoms with Crippen LogP contribution in [0.3, 0.4) is 0 Å². The molecular formula is C16H26NO. The molecule has 0 spiro atoms. The summed E-state index contributed by atoms with van der Waals surface area (Å²) >= 11 is 0. The predicted molar refractivity (Wildman–Crippen MR) is 76.3 cm³/mol. The predicted octanol–water partition coefficient (Wildman–Crippen LogP) is 3.59. The van der Waals surface area contributed by atoms with Crippen molar-refractivity contribution in [1.82, 2.24) is 5.32 Å². The smallest absolute Gasteiger partial charge is 0.0822 e. The molecule has 0 saturated heterocycles. The molecular weight excluding hydrogens is 222 g/mol. The van der Waals surface area contributed by atoms with E-state index in [-0.39, 0.29) is 6.61 Å². The van der Waals surface area contributed by atoms with E-state index < -0.39 is 0 Å². The standard InChI is InChI=1S/C16H26NO/c18-15-9-3-8-14-17-13-7-2-6-12-16-10-4-1-5-11-16/h1,4-5,10-11,17H,2-3,6-9,12-15H2. The molecule has 0 aromatic heterocycles. The van der Waals surface area contributed by atoms with Crippen LogP contribution < -0.4 is 5.32 Å². The summed E-state index contributed by atoms with van der Waals surface area (Å²) < 4.78 is 0. The lowest BCUT2D eigenvalue weighted by molar-refractivity contribution is 0.186. The van der Waals surface area contributed by atoms with Gasteiger partial charge in [0.1, 0.15) is 0 Å². The molecule has 0 aliphatic rings. The molecule has 0 aliphatic carbocycles. The highest BCUT2D eigenvalue weighted by Gasteiger charge is 1.93. The fourth-order valence-corrected chi connectivity index (χ4v) is 2.05. The van der Waals surface area contributed by atoms with Crippen LogP contribution in [0.1, 0.15) is 44.1 Å². The summed E-state index contributed by atoms with van der Waals surface area (Å²) in [5.74, 6) is 0. The number of nitrogens with one attached hydrogen (secondary N) is 1. The van der Waals surface area contributed by atoms with Crippen molar-refractivity contribution in [2.75, 3.05) is 19.7 Å². The summed E-state index contributed by atoms with van der Waals surface area (Å²) in [4.78, 5) is 0. The monoisotopic (exact) mass is 248 g/mol. The van der Waals surface area contributed by atoms with Gasteiger partial charge in [0.2, 0.25) is 0 Å². The Kier molecular flexibility index (Phi) is 9.49. The van der Waals surface area contributed by atoms with Crippen LogP contribution in [0, 0.1) is 0 Å². The molecule has 2 nitrogen and oxygen atoms in total. The molecule has 0 aliphatic heterocycles. The molecule has 0 saturated carbocycles. The van der Waals surface area contributed by atoms with E-state index >= 15 is 0 Å². The van der Waals surface area contributed by atoms with E-state index in [1.54, 1.807) is 0 Å². The van der Waals surface area contributed by atoms with Crippen molar-refractivity contribution < 1.29 is 5.11 Å². The van der Waals surface area contributed by atoms with Crippen LogP contribution in [0.2, 0.25) is 0 Å². The number of rotatable bonds is 11. The van der Waals surface area contributed by atoms with Crippen LogP contribution in [-0.2, 0) is 11.5 Å². The van der Waals surface area contributed by atoms with Crippen LogP contribution in [0.25, 0.3) is 0 Å². The lowest BCUT2D eigenvalue weighted by Crippen LogP contribution is -2.16. The van der Waals surface area contributed by atoms with E-state index in [2.05, 4.69) is 35.6 Å². The maximum Gasteiger partial charge on any atom is 0.0822 e. The molecule has 0 bridgehead atoms. The van der Waals surface area contributed by atoms with Gasteiger partial charge in [0.05, 0.1) is 6.61 Å². The van der Waals surface area contributed by atoms with Crippen molar-refractivity contribution in [2.24, 2.45) is 0 Å². The van der Waals surface area contributed by atoms with E-state index in [1.165, 1.54) is 31.2 Å². The second-order valence-corrected chi connectivity index (χ2v) is 4.81. The molecule has 1 rings (SSSR count). The van der Waals surface area contributed by atoms with Gasteiger partial charge in [-0.15, -0.1) is 0 Å². The third kappa shape index (κ3) is 8.26. The van der Waals surface area contributed by atoms with Gasteiger partial charge in [-0.2, -0.15) is 0 Å². The molecule has 1 radical (unpaired) electrons. The second kappa shape index (κ2) is 11.2. The highest BCUT2D eigenvalue weighted by Crippen LogP contribution is 2.05. The molecule has 1 aromatic carbocycles. The van der Waals surface area contributed by atoms with E-state index in [4.69, 9.17) is 0 Å².